The average molecular weight is 549 g/mol. The summed E-state index contributed by atoms with van der Waals surface area (Å²) in [6.45, 7) is 5.21. The molecule has 1 N–H and O–H groups in total. The second-order valence-corrected chi connectivity index (χ2v) is 9.39. The first-order valence-corrected chi connectivity index (χ1v) is 11.6. The van der Waals surface area contributed by atoms with Gasteiger partial charge >= 0.3 is 0 Å². The fraction of sp³-hybridized carbons (Fsp3) is 0.231. The van der Waals surface area contributed by atoms with Crippen molar-refractivity contribution in [2.24, 2.45) is 0 Å². The van der Waals surface area contributed by atoms with Crippen LogP contribution in [0.1, 0.15) is 36.5 Å². The van der Waals surface area contributed by atoms with Crippen molar-refractivity contribution in [3.8, 4) is 22.7 Å². The molecule has 4 aromatic rings. The molecular weight excluding hydrogens is 528 g/mol. The number of hydrogen-bond donors (Lipinski definition) is 1. The molecule has 38 heavy (non-hydrogen) atoms. The molecule has 0 unspecified atom stereocenters. The van der Waals surface area contributed by atoms with Gasteiger partial charge in [-0.15, -0.1) is 0 Å². The summed E-state index contributed by atoms with van der Waals surface area (Å²) in [5, 5.41) is 9.79. The molecule has 7 nitrogen and oxygen atoms in total. The Morgan fingerprint density at radius 3 is 2.42 bits per heavy atom. The third kappa shape index (κ3) is 4.99. The molecule has 0 aromatic carbocycles. The van der Waals surface area contributed by atoms with E-state index >= 15 is 8.78 Å². The molecule has 198 valence electrons. The molecule has 0 bridgehead atoms. The van der Waals surface area contributed by atoms with Crippen LogP contribution >= 0.6 is 11.6 Å². The van der Waals surface area contributed by atoms with E-state index in [2.05, 4.69) is 15.0 Å². The summed E-state index contributed by atoms with van der Waals surface area (Å²) >= 11 is 6.24. The summed E-state index contributed by atoms with van der Waals surface area (Å²) < 4.78 is 64.6. The topological polar surface area (TPSA) is 90.1 Å². The van der Waals surface area contributed by atoms with Crippen molar-refractivity contribution < 1.29 is 27.4 Å². The maximum Gasteiger partial charge on any atom is 0.278 e. The molecule has 0 atom stereocenters. The molecule has 4 heterocycles. The van der Waals surface area contributed by atoms with E-state index in [4.69, 9.17) is 16.3 Å². The number of nitrogens with zero attached hydrogens (tertiary/aromatic N) is 4. The van der Waals surface area contributed by atoms with Crippen LogP contribution in [0.5, 0.6) is 5.75 Å². The van der Waals surface area contributed by atoms with Crippen molar-refractivity contribution in [1.82, 2.24) is 19.5 Å². The molecule has 4 aromatic heterocycles. The van der Waals surface area contributed by atoms with Crippen LogP contribution in [0.2, 0.25) is 5.02 Å². The molecule has 0 saturated heterocycles. The quantitative estimate of drug-likeness (QED) is 0.328. The maximum atomic E-state index is 15.9. The zero-order chi connectivity index (χ0) is 27.9. The van der Waals surface area contributed by atoms with Crippen molar-refractivity contribution in [3.05, 3.63) is 98.1 Å². The van der Waals surface area contributed by atoms with E-state index in [1.807, 2.05) is 0 Å². The van der Waals surface area contributed by atoms with E-state index < -0.39 is 51.8 Å². The minimum atomic E-state index is -1.65. The van der Waals surface area contributed by atoms with E-state index in [1.165, 1.54) is 52.2 Å². The van der Waals surface area contributed by atoms with Crippen LogP contribution in [0.15, 0.2) is 41.6 Å². The molecule has 0 spiro atoms. The number of aryl methyl sites for hydroxylation is 2. The number of aliphatic hydroxyl groups is 1. The van der Waals surface area contributed by atoms with E-state index in [-0.39, 0.29) is 39.6 Å². The van der Waals surface area contributed by atoms with Gasteiger partial charge in [0.2, 0.25) is 0 Å². The van der Waals surface area contributed by atoms with Gasteiger partial charge in [0.25, 0.3) is 5.56 Å². The number of aromatic nitrogens is 4. The van der Waals surface area contributed by atoms with Crippen molar-refractivity contribution in [3.63, 3.8) is 0 Å². The van der Waals surface area contributed by atoms with Gasteiger partial charge in [-0.1, -0.05) is 11.6 Å². The van der Waals surface area contributed by atoms with Crippen molar-refractivity contribution >= 4 is 11.6 Å². The fourth-order valence-electron chi connectivity index (χ4n) is 3.84. The maximum absolute atomic E-state index is 15.9. The summed E-state index contributed by atoms with van der Waals surface area (Å²) in [4.78, 5) is 24.7. The third-order valence-corrected chi connectivity index (χ3v) is 6.02. The lowest BCUT2D eigenvalue weighted by Gasteiger charge is -2.20. The monoisotopic (exact) mass is 548 g/mol. The molecule has 12 heteroatoms. The van der Waals surface area contributed by atoms with Crippen LogP contribution in [-0.4, -0.2) is 24.6 Å². The van der Waals surface area contributed by atoms with E-state index in [0.717, 1.165) is 10.8 Å². The van der Waals surface area contributed by atoms with Gasteiger partial charge < -0.3 is 9.84 Å². The first kappa shape index (κ1) is 27.2. The number of hydrogen-bond acceptors (Lipinski definition) is 6. The first-order chi connectivity index (χ1) is 17.8. The van der Waals surface area contributed by atoms with Crippen LogP contribution in [0.25, 0.3) is 16.9 Å². The second-order valence-electron chi connectivity index (χ2n) is 9.01. The van der Waals surface area contributed by atoms with Crippen LogP contribution in [0.4, 0.5) is 17.6 Å². The highest BCUT2D eigenvalue weighted by Gasteiger charge is 2.28. The zero-order valence-corrected chi connectivity index (χ0v) is 21.4. The van der Waals surface area contributed by atoms with Gasteiger partial charge in [-0.3, -0.25) is 24.3 Å². The van der Waals surface area contributed by atoms with Crippen molar-refractivity contribution in [2.45, 2.75) is 39.9 Å². The van der Waals surface area contributed by atoms with Gasteiger partial charge in [0.05, 0.1) is 11.9 Å². The Balaban J connectivity index is 1.80. The van der Waals surface area contributed by atoms with Gasteiger partial charge in [-0.25, -0.2) is 17.6 Å². The molecule has 0 radical (unpaired) electrons. The van der Waals surface area contributed by atoms with Gasteiger partial charge in [0, 0.05) is 35.8 Å². The molecule has 0 aliphatic heterocycles. The van der Waals surface area contributed by atoms with Crippen LogP contribution < -0.4 is 10.3 Å². The predicted octanol–water partition coefficient (Wildman–Crippen LogP) is 5.32. The number of ether oxygens (including phenoxy) is 1. The molecule has 0 aliphatic carbocycles. The Labute approximate surface area is 219 Å². The molecular formula is C26H21ClF4N4O3. The summed E-state index contributed by atoms with van der Waals surface area (Å²) in [5.41, 5.74) is -3.48. The number of rotatable bonds is 6. The third-order valence-electron chi connectivity index (χ3n) is 5.67. The standard InChI is InChI=1S/C26H21ClF4N4O3/c1-12-9-34-22(15-5-6-32-24(20(15)30)26(3,4)37)21(31)23(12)35-13(2)7-18(19(27)25(35)36)38-11-17-16(29)8-14(28)10-33-17/h5-10,37H,11H2,1-4H3. The molecule has 0 aliphatic rings. The fourth-order valence-corrected chi connectivity index (χ4v) is 4.03. The van der Waals surface area contributed by atoms with Crippen LogP contribution in [0.3, 0.4) is 0 Å². The highest BCUT2D eigenvalue weighted by Crippen LogP contribution is 2.33. The lowest BCUT2D eigenvalue weighted by Crippen LogP contribution is -2.24. The van der Waals surface area contributed by atoms with E-state index in [9.17, 15) is 18.7 Å². The van der Waals surface area contributed by atoms with Gasteiger partial charge in [0.15, 0.2) is 17.5 Å². The molecule has 0 amide bonds. The largest absolute Gasteiger partial charge is 0.485 e. The van der Waals surface area contributed by atoms with E-state index in [1.54, 1.807) is 0 Å². The minimum absolute atomic E-state index is 0.127. The van der Waals surface area contributed by atoms with Crippen LogP contribution in [-0.2, 0) is 12.2 Å². The Hall–Kier alpha value is -3.83. The van der Waals surface area contributed by atoms with Gasteiger partial charge in [0.1, 0.15) is 45.9 Å². The van der Waals surface area contributed by atoms with Crippen molar-refractivity contribution in [2.75, 3.05) is 0 Å². The Kier molecular flexibility index (Phi) is 7.26. The normalized spacial score (nSPS) is 11.6. The number of pyridine rings is 4. The molecule has 4 rings (SSSR count). The summed E-state index contributed by atoms with van der Waals surface area (Å²) in [6.07, 6.45) is 3.30. The lowest BCUT2D eigenvalue weighted by molar-refractivity contribution is 0.0696. The first-order valence-electron chi connectivity index (χ1n) is 11.2. The Bertz CT molecular complexity index is 1620. The van der Waals surface area contributed by atoms with Crippen molar-refractivity contribution in [1.29, 1.82) is 0 Å². The highest BCUT2D eigenvalue weighted by atomic mass is 35.5. The van der Waals surface area contributed by atoms with Gasteiger partial charge in [-0.05, 0) is 39.3 Å². The lowest BCUT2D eigenvalue weighted by atomic mass is 10.00. The summed E-state index contributed by atoms with van der Waals surface area (Å²) in [6, 6.07) is 3.18. The Morgan fingerprint density at radius 2 is 1.76 bits per heavy atom. The number of halogens is 5. The highest BCUT2D eigenvalue weighted by molar-refractivity contribution is 6.31. The molecule has 0 fully saturated rings. The van der Waals surface area contributed by atoms with Gasteiger partial charge in [-0.2, -0.15) is 0 Å². The average Bonchev–Trinajstić information content (AvgIpc) is 2.83. The predicted molar refractivity (Wildman–Crippen MR) is 131 cm³/mol. The van der Waals surface area contributed by atoms with E-state index in [0.29, 0.717) is 6.07 Å². The summed E-state index contributed by atoms with van der Waals surface area (Å²) in [7, 11) is 0. The zero-order valence-electron chi connectivity index (χ0n) is 20.6. The smallest absolute Gasteiger partial charge is 0.278 e. The minimum Gasteiger partial charge on any atom is -0.485 e. The summed E-state index contributed by atoms with van der Waals surface area (Å²) in [5.74, 6) is -3.90. The van der Waals surface area contributed by atoms with Crippen LogP contribution in [0, 0.1) is 37.1 Å². The SMILES string of the molecule is Cc1cnc(-c2ccnc(C(C)(C)O)c2F)c(F)c1-n1c(C)cc(OCc2ncc(F)cc2F)c(Cl)c1=O. The Morgan fingerprint density at radius 1 is 1.05 bits per heavy atom. The molecule has 0 saturated carbocycles. The second kappa shape index (κ2) is 10.1.